The highest BCUT2D eigenvalue weighted by Crippen LogP contribution is 2.23. The lowest BCUT2D eigenvalue weighted by atomic mass is 9.99. The molecule has 1 N–H and O–H groups in total. The maximum absolute atomic E-state index is 12.3. The van der Waals surface area contributed by atoms with Crippen molar-refractivity contribution in [2.45, 2.75) is 26.3 Å². The van der Waals surface area contributed by atoms with Crippen LogP contribution in [0.4, 0.5) is 5.69 Å². The fourth-order valence-electron chi connectivity index (χ4n) is 3.96. The van der Waals surface area contributed by atoms with Crippen molar-refractivity contribution in [3.8, 4) is 11.1 Å². The average Bonchev–Trinajstić information content (AvgIpc) is 2.81. The van der Waals surface area contributed by atoms with Crippen LogP contribution in [0, 0.1) is 5.92 Å². The van der Waals surface area contributed by atoms with Crippen molar-refractivity contribution in [2.75, 3.05) is 18.4 Å². The lowest BCUT2D eigenvalue weighted by Gasteiger charge is -2.30. The van der Waals surface area contributed by atoms with Crippen LogP contribution in [0.15, 0.2) is 78.9 Å². The lowest BCUT2D eigenvalue weighted by molar-refractivity contribution is -0.111. The summed E-state index contributed by atoms with van der Waals surface area (Å²) in [4.78, 5) is 14.8. The SMILES string of the molecule is CC1CCN(Cc2ccc(C=CC(=O)Nc3ccc(-c4ccc(Cl)cc4)cc3)cc2)CC1. The third kappa shape index (κ3) is 6.32. The summed E-state index contributed by atoms with van der Waals surface area (Å²) in [6.07, 6.45) is 6.01. The topological polar surface area (TPSA) is 32.3 Å². The Labute approximate surface area is 195 Å². The Morgan fingerprint density at radius 1 is 0.938 bits per heavy atom. The van der Waals surface area contributed by atoms with Crippen LogP contribution in [0.2, 0.25) is 5.02 Å². The van der Waals surface area contributed by atoms with Gasteiger partial charge in [-0.1, -0.05) is 67.1 Å². The Morgan fingerprint density at radius 3 is 2.16 bits per heavy atom. The average molecular weight is 445 g/mol. The standard InChI is InChI=1S/C28H29ClN2O/c1-21-16-18-31(19-17-21)20-23-4-2-22(3-5-23)6-15-28(32)30-27-13-9-25(10-14-27)24-7-11-26(29)12-8-24/h2-15,21H,16-20H2,1H3,(H,30,32). The number of hydrogen-bond donors (Lipinski definition) is 1. The minimum absolute atomic E-state index is 0.143. The van der Waals surface area contributed by atoms with E-state index in [1.54, 1.807) is 6.08 Å². The highest BCUT2D eigenvalue weighted by molar-refractivity contribution is 6.30. The second-order valence-electron chi connectivity index (χ2n) is 8.61. The summed E-state index contributed by atoms with van der Waals surface area (Å²) < 4.78 is 0. The zero-order valence-corrected chi connectivity index (χ0v) is 19.2. The van der Waals surface area contributed by atoms with Crippen LogP contribution in [-0.4, -0.2) is 23.9 Å². The second-order valence-corrected chi connectivity index (χ2v) is 9.04. The van der Waals surface area contributed by atoms with Gasteiger partial charge in [0.05, 0.1) is 0 Å². The van der Waals surface area contributed by atoms with E-state index in [-0.39, 0.29) is 5.91 Å². The molecule has 32 heavy (non-hydrogen) atoms. The van der Waals surface area contributed by atoms with Crippen LogP contribution in [-0.2, 0) is 11.3 Å². The monoisotopic (exact) mass is 444 g/mol. The van der Waals surface area contributed by atoms with E-state index in [2.05, 4.69) is 41.4 Å². The Morgan fingerprint density at radius 2 is 1.53 bits per heavy atom. The van der Waals surface area contributed by atoms with E-state index >= 15 is 0 Å². The van der Waals surface area contributed by atoms with Crippen molar-refractivity contribution < 1.29 is 4.79 Å². The first kappa shape index (κ1) is 22.3. The number of likely N-dealkylation sites (tertiary alicyclic amines) is 1. The molecule has 0 atom stereocenters. The normalized spacial score (nSPS) is 15.2. The molecule has 1 heterocycles. The number of rotatable bonds is 6. The summed E-state index contributed by atoms with van der Waals surface area (Å²) in [5.41, 5.74) is 5.28. The van der Waals surface area contributed by atoms with Crippen molar-refractivity contribution in [3.63, 3.8) is 0 Å². The van der Waals surface area contributed by atoms with E-state index in [1.165, 1.54) is 31.5 Å². The predicted molar refractivity (Wildman–Crippen MR) is 135 cm³/mol. The van der Waals surface area contributed by atoms with Gasteiger partial charge in [-0.3, -0.25) is 9.69 Å². The second kappa shape index (κ2) is 10.6. The van der Waals surface area contributed by atoms with Gasteiger partial charge in [0.2, 0.25) is 5.91 Å². The van der Waals surface area contributed by atoms with Crippen LogP contribution in [0.5, 0.6) is 0 Å². The van der Waals surface area contributed by atoms with Crippen molar-refractivity contribution in [1.82, 2.24) is 4.90 Å². The van der Waals surface area contributed by atoms with Gasteiger partial charge in [0, 0.05) is 23.3 Å². The van der Waals surface area contributed by atoms with E-state index in [0.29, 0.717) is 0 Å². The molecule has 1 aliphatic heterocycles. The molecule has 1 fully saturated rings. The Bertz CT molecular complexity index is 1050. The van der Waals surface area contributed by atoms with Gasteiger partial charge < -0.3 is 5.32 Å². The summed E-state index contributed by atoms with van der Waals surface area (Å²) in [7, 11) is 0. The first-order valence-corrected chi connectivity index (χ1v) is 11.6. The predicted octanol–water partition coefficient (Wildman–Crippen LogP) is 6.89. The zero-order valence-electron chi connectivity index (χ0n) is 18.4. The van der Waals surface area contributed by atoms with Crippen molar-refractivity contribution in [3.05, 3.63) is 95.0 Å². The number of anilines is 1. The van der Waals surface area contributed by atoms with Gasteiger partial charge in [0.15, 0.2) is 0 Å². The molecule has 0 radical (unpaired) electrons. The molecule has 1 saturated heterocycles. The third-order valence-corrected chi connectivity index (χ3v) is 6.27. The minimum Gasteiger partial charge on any atom is -0.323 e. The van der Waals surface area contributed by atoms with Crippen LogP contribution >= 0.6 is 11.6 Å². The molecule has 1 aliphatic rings. The van der Waals surface area contributed by atoms with Crippen molar-refractivity contribution in [2.24, 2.45) is 5.92 Å². The van der Waals surface area contributed by atoms with Crippen molar-refractivity contribution in [1.29, 1.82) is 0 Å². The van der Waals surface area contributed by atoms with E-state index in [9.17, 15) is 4.79 Å². The molecule has 0 saturated carbocycles. The number of halogens is 1. The first-order chi connectivity index (χ1) is 15.5. The van der Waals surface area contributed by atoms with Crippen molar-refractivity contribution >= 4 is 29.3 Å². The number of benzene rings is 3. The maximum atomic E-state index is 12.3. The summed E-state index contributed by atoms with van der Waals surface area (Å²) in [6.45, 7) is 5.71. The number of nitrogens with one attached hydrogen (secondary N) is 1. The highest BCUT2D eigenvalue weighted by atomic mass is 35.5. The molecule has 164 valence electrons. The summed E-state index contributed by atoms with van der Waals surface area (Å²) in [5, 5.41) is 3.63. The summed E-state index contributed by atoms with van der Waals surface area (Å²) in [6, 6.07) is 24.0. The molecule has 0 spiro atoms. The maximum Gasteiger partial charge on any atom is 0.248 e. The highest BCUT2D eigenvalue weighted by Gasteiger charge is 2.15. The van der Waals surface area contributed by atoms with E-state index in [0.717, 1.165) is 39.9 Å². The molecule has 1 amide bonds. The molecule has 0 aliphatic carbocycles. The number of amides is 1. The fraction of sp³-hybridized carbons (Fsp3) is 0.250. The van der Waals surface area contributed by atoms with Crippen LogP contribution < -0.4 is 5.32 Å². The molecule has 4 rings (SSSR count). The number of piperidine rings is 1. The van der Waals surface area contributed by atoms with Gasteiger partial charge in [-0.15, -0.1) is 0 Å². The van der Waals surface area contributed by atoms with Crippen LogP contribution in [0.25, 0.3) is 17.2 Å². The summed E-state index contributed by atoms with van der Waals surface area (Å²) >= 11 is 5.95. The molecule has 3 nitrogen and oxygen atoms in total. The molecule has 0 aromatic heterocycles. The number of carbonyl (C=O) groups excluding carboxylic acids is 1. The number of hydrogen-bond acceptors (Lipinski definition) is 2. The van der Waals surface area contributed by atoms with Crippen LogP contribution in [0.1, 0.15) is 30.9 Å². The molecule has 3 aromatic rings. The van der Waals surface area contributed by atoms with Gasteiger partial charge in [0.1, 0.15) is 0 Å². The first-order valence-electron chi connectivity index (χ1n) is 11.2. The molecular weight excluding hydrogens is 416 g/mol. The van der Waals surface area contributed by atoms with Gasteiger partial charge in [0.25, 0.3) is 0 Å². The zero-order chi connectivity index (χ0) is 22.3. The molecule has 0 bridgehead atoms. The van der Waals surface area contributed by atoms with E-state index in [4.69, 9.17) is 11.6 Å². The minimum atomic E-state index is -0.143. The Hall–Kier alpha value is -2.88. The summed E-state index contributed by atoms with van der Waals surface area (Å²) in [5.74, 6) is 0.710. The number of carbonyl (C=O) groups is 1. The third-order valence-electron chi connectivity index (χ3n) is 6.02. The molecule has 4 heteroatoms. The van der Waals surface area contributed by atoms with Gasteiger partial charge >= 0.3 is 0 Å². The smallest absolute Gasteiger partial charge is 0.248 e. The van der Waals surface area contributed by atoms with E-state index in [1.807, 2.05) is 54.6 Å². The Balaban J connectivity index is 1.29. The van der Waals surface area contributed by atoms with Gasteiger partial charge in [-0.25, -0.2) is 0 Å². The number of nitrogens with zero attached hydrogens (tertiary/aromatic N) is 1. The molecular formula is C28H29ClN2O. The molecule has 0 unspecified atom stereocenters. The fourth-order valence-corrected chi connectivity index (χ4v) is 4.08. The van der Waals surface area contributed by atoms with Crippen LogP contribution in [0.3, 0.4) is 0 Å². The largest absolute Gasteiger partial charge is 0.323 e. The lowest BCUT2D eigenvalue weighted by Crippen LogP contribution is -2.32. The Kier molecular flexibility index (Phi) is 7.41. The quantitative estimate of drug-likeness (QED) is 0.420. The van der Waals surface area contributed by atoms with Gasteiger partial charge in [-0.2, -0.15) is 0 Å². The van der Waals surface area contributed by atoms with Gasteiger partial charge in [-0.05, 0) is 84.4 Å². The molecule has 3 aromatic carbocycles. The van der Waals surface area contributed by atoms with E-state index < -0.39 is 0 Å².